The summed E-state index contributed by atoms with van der Waals surface area (Å²) in [7, 11) is 0. The number of hydrogen-bond acceptors (Lipinski definition) is 2. The van der Waals surface area contributed by atoms with E-state index in [0.717, 1.165) is 6.29 Å². The van der Waals surface area contributed by atoms with Gasteiger partial charge in [-0.05, 0) is 32.0 Å². The van der Waals surface area contributed by atoms with Crippen molar-refractivity contribution >= 4 is 29.5 Å². The summed E-state index contributed by atoms with van der Waals surface area (Å²) in [5, 5.41) is 0.929. The lowest BCUT2D eigenvalue weighted by Gasteiger charge is -2.20. The Balaban J connectivity index is 2.92. The van der Waals surface area contributed by atoms with E-state index >= 15 is 0 Å². The van der Waals surface area contributed by atoms with Gasteiger partial charge < -0.3 is 4.74 Å². The summed E-state index contributed by atoms with van der Waals surface area (Å²) in [6, 6.07) is 4.86. The second-order valence-electron chi connectivity index (χ2n) is 3.40. The lowest BCUT2D eigenvalue weighted by Crippen LogP contribution is -2.29. The van der Waals surface area contributed by atoms with Crippen molar-refractivity contribution in [1.82, 2.24) is 0 Å². The second-order valence-corrected chi connectivity index (χ2v) is 4.24. The maximum absolute atomic E-state index is 10.6. The Morgan fingerprint density at radius 2 is 2.00 bits per heavy atom. The van der Waals surface area contributed by atoms with Crippen LogP contribution in [-0.4, -0.2) is 11.9 Å². The molecule has 4 heteroatoms. The fraction of sp³-hybridized carbons (Fsp3) is 0.300. The summed E-state index contributed by atoms with van der Waals surface area (Å²) in [6.45, 7) is 3.32. The van der Waals surface area contributed by atoms with Crippen LogP contribution in [0.2, 0.25) is 10.0 Å². The van der Waals surface area contributed by atoms with Crippen molar-refractivity contribution in [2.45, 2.75) is 19.4 Å². The summed E-state index contributed by atoms with van der Waals surface area (Å²) < 4.78 is 5.38. The van der Waals surface area contributed by atoms with Crippen LogP contribution in [0.25, 0.3) is 0 Å². The van der Waals surface area contributed by atoms with Crippen LogP contribution in [-0.2, 0) is 4.79 Å². The first-order valence-electron chi connectivity index (χ1n) is 4.05. The molecule has 0 amide bonds. The third-order valence-corrected chi connectivity index (χ3v) is 2.08. The minimum Gasteiger partial charge on any atom is -0.479 e. The number of halogens is 2. The number of benzene rings is 1. The molecule has 1 rings (SSSR count). The minimum atomic E-state index is -0.878. The van der Waals surface area contributed by atoms with Gasteiger partial charge in [-0.15, -0.1) is 0 Å². The molecule has 0 spiro atoms. The van der Waals surface area contributed by atoms with Gasteiger partial charge in [0, 0.05) is 5.02 Å². The highest BCUT2D eigenvalue weighted by atomic mass is 35.5. The van der Waals surface area contributed by atoms with Crippen molar-refractivity contribution in [1.29, 1.82) is 0 Å². The Hall–Kier alpha value is -0.730. The summed E-state index contributed by atoms with van der Waals surface area (Å²) in [6.07, 6.45) is 0.720. The molecular formula is C10H10Cl2O2. The predicted octanol–water partition coefficient (Wildman–Crippen LogP) is 3.35. The Morgan fingerprint density at radius 1 is 1.36 bits per heavy atom. The van der Waals surface area contributed by atoms with Crippen LogP contribution in [0.4, 0.5) is 0 Å². The maximum Gasteiger partial charge on any atom is 0.162 e. The predicted molar refractivity (Wildman–Crippen MR) is 57.2 cm³/mol. The van der Waals surface area contributed by atoms with E-state index < -0.39 is 5.60 Å². The molecular weight excluding hydrogens is 223 g/mol. The molecule has 0 fully saturated rings. The monoisotopic (exact) mass is 232 g/mol. The molecule has 0 N–H and O–H groups in total. The largest absolute Gasteiger partial charge is 0.479 e. The van der Waals surface area contributed by atoms with Gasteiger partial charge in [-0.3, -0.25) is 4.79 Å². The van der Waals surface area contributed by atoms with Gasteiger partial charge >= 0.3 is 0 Å². The lowest BCUT2D eigenvalue weighted by molar-refractivity contribution is -0.118. The molecule has 0 aliphatic carbocycles. The van der Waals surface area contributed by atoms with Crippen LogP contribution in [0.3, 0.4) is 0 Å². The van der Waals surface area contributed by atoms with E-state index in [1.54, 1.807) is 32.0 Å². The Kier molecular flexibility index (Phi) is 3.40. The number of aldehydes is 1. The molecule has 0 saturated carbocycles. The van der Waals surface area contributed by atoms with E-state index in [4.69, 9.17) is 27.9 Å². The van der Waals surface area contributed by atoms with Crippen LogP contribution in [0.5, 0.6) is 5.75 Å². The normalized spacial score (nSPS) is 11.1. The molecule has 0 bridgehead atoms. The zero-order chi connectivity index (χ0) is 10.8. The van der Waals surface area contributed by atoms with Gasteiger partial charge in [-0.25, -0.2) is 0 Å². The van der Waals surface area contributed by atoms with Crippen LogP contribution in [0.1, 0.15) is 13.8 Å². The molecule has 0 saturated heterocycles. The molecule has 0 heterocycles. The Bertz CT molecular complexity index is 348. The van der Waals surface area contributed by atoms with E-state index in [2.05, 4.69) is 0 Å². The minimum absolute atomic E-state index is 0.396. The van der Waals surface area contributed by atoms with Crippen molar-refractivity contribution in [2.75, 3.05) is 0 Å². The van der Waals surface area contributed by atoms with E-state index in [9.17, 15) is 4.79 Å². The molecule has 0 unspecified atom stereocenters. The summed E-state index contributed by atoms with van der Waals surface area (Å²) >= 11 is 11.6. The SMILES string of the molecule is CC(C)(C=O)Oc1ccc(Cl)cc1Cl. The summed E-state index contributed by atoms with van der Waals surface area (Å²) in [5.74, 6) is 0.452. The van der Waals surface area contributed by atoms with Crippen molar-refractivity contribution < 1.29 is 9.53 Å². The van der Waals surface area contributed by atoms with Gasteiger partial charge in [0.15, 0.2) is 11.9 Å². The second kappa shape index (κ2) is 4.20. The molecule has 0 aliphatic heterocycles. The van der Waals surface area contributed by atoms with Crippen LogP contribution in [0, 0.1) is 0 Å². The first-order chi connectivity index (χ1) is 6.44. The Morgan fingerprint density at radius 3 is 2.50 bits per heavy atom. The molecule has 0 aliphatic rings. The van der Waals surface area contributed by atoms with Crippen LogP contribution in [0.15, 0.2) is 18.2 Å². The number of carbonyl (C=O) groups is 1. The standard InChI is InChI=1S/C10H10Cl2O2/c1-10(2,6-13)14-9-4-3-7(11)5-8(9)12/h3-6H,1-2H3. The molecule has 1 aromatic carbocycles. The van der Waals surface area contributed by atoms with E-state index in [-0.39, 0.29) is 0 Å². The number of carbonyl (C=O) groups excluding carboxylic acids is 1. The molecule has 2 nitrogen and oxygen atoms in total. The summed E-state index contributed by atoms with van der Waals surface area (Å²) in [5.41, 5.74) is -0.878. The maximum atomic E-state index is 10.6. The topological polar surface area (TPSA) is 26.3 Å². The number of rotatable bonds is 3. The fourth-order valence-corrected chi connectivity index (χ4v) is 1.31. The van der Waals surface area contributed by atoms with Gasteiger partial charge in [-0.2, -0.15) is 0 Å². The third-order valence-electron chi connectivity index (χ3n) is 1.55. The third kappa shape index (κ3) is 2.89. The molecule has 0 aromatic heterocycles. The number of hydrogen-bond donors (Lipinski definition) is 0. The first kappa shape index (κ1) is 11.3. The smallest absolute Gasteiger partial charge is 0.162 e. The van der Waals surface area contributed by atoms with Crippen molar-refractivity contribution in [3.05, 3.63) is 28.2 Å². The lowest BCUT2D eigenvalue weighted by atomic mass is 10.2. The van der Waals surface area contributed by atoms with Gasteiger partial charge in [0.2, 0.25) is 0 Å². The highest BCUT2D eigenvalue weighted by Gasteiger charge is 2.19. The molecule has 1 aromatic rings. The molecule has 14 heavy (non-hydrogen) atoms. The van der Waals surface area contributed by atoms with E-state index in [1.807, 2.05) is 0 Å². The summed E-state index contributed by atoms with van der Waals surface area (Å²) in [4.78, 5) is 10.6. The van der Waals surface area contributed by atoms with Crippen LogP contribution < -0.4 is 4.74 Å². The van der Waals surface area contributed by atoms with Crippen molar-refractivity contribution in [3.63, 3.8) is 0 Å². The molecule has 0 radical (unpaired) electrons. The highest BCUT2D eigenvalue weighted by molar-refractivity contribution is 6.35. The Labute approximate surface area is 92.8 Å². The molecule has 76 valence electrons. The molecule has 0 atom stereocenters. The van der Waals surface area contributed by atoms with Gasteiger partial charge in [0.25, 0.3) is 0 Å². The zero-order valence-electron chi connectivity index (χ0n) is 7.88. The highest BCUT2D eigenvalue weighted by Crippen LogP contribution is 2.29. The van der Waals surface area contributed by atoms with Gasteiger partial charge in [0.1, 0.15) is 5.75 Å². The van der Waals surface area contributed by atoms with Crippen molar-refractivity contribution in [2.24, 2.45) is 0 Å². The van der Waals surface area contributed by atoms with Gasteiger partial charge in [-0.1, -0.05) is 23.2 Å². The van der Waals surface area contributed by atoms with Gasteiger partial charge in [0.05, 0.1) is 5.02 Å². The van der Waals surface area contributed by atoms with Crippen LogP contribution >= 0.6 is 23.2 Å². The zero-order valence-corrected chi connectivity index (χ0v) is 9.39. The van der Waals surface area contributed by atoms with Crippen molar-refractivity contribution in [3.8, 4) is 5.75 Å². The quantitative estimate of drug-likeness (QED) is 0.748. The number of ether oxygens (including phenoxy) is 1. The fourth-order valence-electron chi connectivity index (χ4n) is 0.865. The first-order valence-corrected chi connectivity index (χ1v) is 4.80. The van der Waals surface area contributed by atoms with E-state index in [1.165, 1.54) is 0 Å². The van der Waals surface area contributed by atoms with E-state index in [0.29, 0.717) is 15.8 Å². The average molecular weight is 233 g/mol. The average Bonchev–Trinajstić information content (AvgIpc) is 2.10.